The number of rotatable bonds is 7. The Morgan fingerprint density at radius 1 is 1.10 bits per heavy atom. The fourth-order valence-corrected chi connectivity index (χ4v) is 2.01. The molecule has 0 amide bonds. The topological polar surface area (TPSA) is 41.5 Å². The molecule has 0 saturated carbocycles. The minimum absolute atomic E-state index is 0.221. The summed E-state index contributed by atoms with van der Waals surface area (Å²) in [6.45, 7) is 3.67. The van der Waals surface area contributed by atoms with Crippen molar-refractivity contribution in [1.29, 1.82) is 0 Å². The van der Waals surface area contributed by atoms with Crippen molar-refractivity contribution in [2.24, 2.45) is 0 Å². The molecule has 0 heterocycles. The number of para-hydroxylation sites is 1. The van der Waals surface area contributed by atoms with Crippen LogP contribution >= 0.6 is 0 Å². The molecule has 0 aromatic heterocycles. The number of aromatic hydroxyl groups is 1. The molecule has 0 saturated heterocycles. The van der Waals surface area contributed by atoms with Crippen molar-refractivity contribution in [2.45, 2.75) is 19.4 Å². The van der Waals surface area contributed by atoms with Gasteiger partial charge in [0.15, 0.2) is 0 Å². The number of phenolic OH excluding ortho intramolecular Hbond substituents is 1. The van der Waals surface area contributed by atoms with Crippen LogP contribution in [-0.4, -0.2) is 18.3 Å². The van der Waals surface area contributed by atoms with Gasteiger partial charge in [0, 0.05) is 6.04 Å². The number of phenols is 1. The Morgan fingerprint density at radius 3 is 2.65 bits per heavy atom. The summed E-state index contributed by atoms with van der Waals surface area (Å²) < 4.78 is 5.63. The number of ether oxygens (including phenoxy) is 1. The lowest BCUT2D eigenvalue weighted by atomic mass is 10.1. The van der Waals surface area contributed by atoms with Crippen molar-refractivity contribution in [3.8, 4) is 11.5 Å². The normalized spacial score (nSPS) is 12.1. The van der Waals surface area contributed by atoms with E-state index >= 15 is 0 Å². The van der Waals surface area contributed by atoms with Gasteiger partial charge in [-0.1, -0.05) is 30.3 Å². The summed E-state index contributed by atoms with van der Waals surface area (Å²) >= 11 is 0. The lowest BCUT2D eigenvalue weighted by Gasteiger charge is -2.14. The molecule has 106 valence electrons. The summed E-state index contributed by atoms with van der Waals surface area (Å²) in [7, 11) is 0. The fraction of sp³-hybridized carbons (Fsp3) is 0.294. The fourth-order valence-electron chi connectivity index (χ4n) is 2.01. The number of nitrogens with one attached hydrogen (secondary N) is 1. The predicted molar refractivity (Wildman–Crippen MR) is 81.1 cm³/mol. The van der Waals surface area contributed by atoms with Gasteiger partial charge in [-0.2, -0.15) is 0 Å². The molecule has 2 rings (SSSR count). The van der Waals surface area contributed by atoms with E-state index in [1.165, 1.54) is 0 Å². The van der Waals surface area contributed by atoms with Crippen LogP contribution in [0.5, 0.6) is 11.5 Å². The highest BCUT2D eigenvalue weighted by Crippen LogP contribution is 2.17. The van der Waals surface area contributed by atoms with Crippen LogP contribution in [0, 0.1) is 0 Å². The van der Waals surface area contributed by atoms with E-state index in [0.29, 0.717) is 12.4 Å². The first-order chi connectivity index (χ1) is 9.75. The van der Waals surface area contributed by atoms with Crippen LogP contribution in [0.25, 0.3) is 0 Å². The third-order valence-corrected chi connectivity index (χ3v) is 3.15. The van der Waals surface area contributed by atoms with Gasteiger partial charge in [-0.15, -0.1) is 0 Å². The van der Waals surface area contributed by atoms with Crippen LogP contribution in [0.3, 0.4) is 0 Å². The third kappa shape index (κ3) is 4.59. The molecule has 0 bridgehead atoms. The molecule has 2 N–H and O–H groups in total. The van der Waals surface area contributed by atoms with Crippen LogP contribution in [0.2, 0.25) is 0 Å². The second-order valence-corrected chi connectivity index (χ2v) is 4.79. The van der Waals surface area contributed by atoms with Crippen molar-refractivity contribution >= 4 is 0 Å². The highest BCUT2D eigenvalue weighted by Gasteiger charge is 2.04. The highest BCUT2D eigenvalue weighted by molar-refractivity contribution is 5.29. The molecule has 0 aliphatic heterocycles. The first-order valence-corrected chi connectivity index (χ1v) is 6.96. The van der Waals surface area contributed by atoms with Gasteiger partial charge in [0.2, 0.25) is 0 Å². The number of benzene rings is 2. The lowest BCUT2D eigenvalue weighted by Crippen LogP contribution is -2.21. The van der Waals surface area contributed by atoms with E-state index in [1.807, 2.05) is 42.5 Å². The molecular weight excluding hydrogens is 250 g/mol. The standard InChI is InChI=1S/C17H21NO2/c1-14(15-7-5-8-16(19)13-15)18-11-6-12-20-17-9-3-2-4-10-17/h2-5,7-10,13-14,18-19H,6,11-12H2,1H3. The zero-order valence-corrected chi connectivity index (χ0v) is 11.8. The molecule has 0 radical (unpaired) electrons. The second kappa shape index (κ2) is 7.56. The first kappa shape index (κ1) is 14.4. The zero-order chi connectivity index (χ0) is 14.2. The smallest absolute Gasteiger partial charge is 0.119 e. The van der Waals surface area contributed by atoms with Gasteiger partial charge in [0.1, 0.15) is 11.5 Å². The Balaban J connectivity index is 1.66. The first-order valence-electron chi connectivity index (χ1n) is 6.96. The van der Waals surface area contributed by atoms with Crippen LogP contribution in [0.4, 0.5) is 0 Å². The van der Waals surface area contributed by atoms with Crippen molar-refractivity contribution in [3.05, 3.63) is 60.2 Å². The van der Waals surface area contributed by atoms with E-state index < -0.39 is 0 Å². The number of hydrogen-bond donors (Lipinski definition) is 2. The summed E-state index contributed by atoms with van der Waals surface area (Å²) in [5, 5.41) is 12.9. The Bertz CT molecular complexity index is 513. The van der Waals surface area contributed by atoms with Gasteiger partial charge in [-0.3, -0.25) is 0 Å². The molecule has 20 heavy (non-hydrogen) atoms. The molecular formula is C17H21NO2. The molecule has 0 spiro atoms. The van der Waals surface area contributed by atoms with Gasteiger partial charge in [0.05, 0.1) is 6.61 Å². The van der Waals surface area contributed by atoms with E-state index in [1.54, 1.807) is 12.1 Å². The van der Waals surface area contributed by atoms with Gasteiger partial charge >= 0.3 is 0 Å². The molecule has 3 heteroatoms. The minimum atomic E-state index is 0.221. The number of hydrogen-bond acceptors (Lipinski definition) is 3. The quantitative estimate of drug-likeness (QED) is 0.757. The van der Waals surface area contributed by atoms with Gasteiger partial charge in [-0.25, -0.2) is 0 Å². The maximum Gasteiger partial charge on any atom is 0.119 e. The SMILES string of the molecule is CC(NCCCOc1ccccc1)c1cccc(O)c1. The van der Waals surface area contributed by atoms with E-state index in [0.717, 1.165) is 24.3 Å². The molecule has 2 aromatic carbocycles. The van der Waals surface area contributed by atoms with Crippen LogP contribution in [0.15, 0.2) is 54.6 Å². The van der Waals surface area contributed by atoms with Crippen molar-refractivity contribution in [2.75, 3.05) is 13.2 Å². The van der Waals surface area contributed by atoms with Gasteiger partial charge < -0.3 is 15.2 Å². The highest BCUT2D eigenvalue weighted by atomic mass is 16.5. The average Bonchev–Trinajstić information content (AvgIpc) is 2.48. The molecule has 1 unspecified atom stereocenters. The van der Waals surface area contributed by atoms with E-state index in [4.69, 9.17) is 4.74 Å². The Hall–Kier alpha value is -2.00. The average molecular weight is 271 g/mol. The van der Waals surface area contributed by atoms with Crippen LogP contribution in [-0.2, 0) is 0 Å². The predicted octanol–water partition coefficient (Wildman–Crippen LogP) is 3.51. The van der Waals surface area contributed by atoms with Crippen molar-refractivity contribution < 1.29 is 9.84 Å². The van der Waals surface area contributed by atoms with Gasteiger partial charge in [-0.05, 0) is 49.7 Å². The van der Waals surface area contributed by atoms with E-state index in [2.05, 4.69) is 12.2 Å². The molecule has 0 fully saturated rings. The summed E-state index contributed by atoms with van der Waals surface area (Å²) in [6, 6.07) is 17.4. The van der Waals surface area contributed by atoms with E-state index in [-0.39, 0.29) is 6.04 Å². The lowest BCUT2D eigenvalue weighted by molar-refractivity contribution is 0.305. The summed E-state index contributed by atoms with van der Waals surface area (Å²) in [4.78, 5) is 0. The molecule has 2 aromatic rings. The summed E-state index contributed by atoms with van der Waals surface area (Å²) in [6.07, 6.45) is 0.943. The summed E-state index contributed by atoms with van der Waals surface area (Å²) in [5.41, 5.74) is 1.09. The van der Waals surface area contributed by atoms with Crippen molar-refractivity contribution in [3.63, 3.8) is 0 Å². The van der Waals surface area contributed by atoms with Crippen molar-refractivity contribution in [1.82, 2.24) is 5.32 Å². The van der Waals surface area contributed by atoms with Gasteiger partial charge in [0.25, 0.3) is 0 Å². The maximum atomic E-state index is 9.45. The minimum Gasteiger partial charge on any atom is -0.508 e. The Kier molecular flexibility index (Phi) is 5.44. The third-order valence-electron chi connectivity index (χ3n) is 3.15. The summed E-state index contributed by atoms with van der Waals surface area (Å²) in [5.74, 6) is 1.22. The van der Waals surface area contributed by atoms with Crippen LogP contribution < -0.4 is 10.1 Å². The Morgan fingerprint density at radius 2 is 1.90 bits per heavy atom. The maximum absolute atomic E-state index is 9.45. The molecule has 0 aliphatic rings. The Labute approximate surface area is 120 Å². The largest absolute Gasteiger partial charge is 0.508 e. The van der Waals surface area contributed by atoms with E-state index in [9.17, 15) is 5.11 Å². The second-order valence-electron chi connectivity index (χ2n) is 4.79. The monoisotopic (exact) mass is 271 g/mol. The molecule has 1 atom stereocenters. The zero-order valence-electron chi connectivity index (χ0n) is 11.8. The molecule has 3 nitrogen and oxygen atoms in total. The van der Waals surface area contributed by atoms with Crippen LogP contribution in [0.1, 0.15) is 24.9 Å². The molecule has 0 aliphatic carbocycles.